The normalized spacial score (nSPS) is 10.4. The molecule has 2 rings (SSSR count). The molecule has 0 unspecified atom stereocenters. The Morgan fingerprint density at radius 2 is 2.29 bits per heavy atom. The lowest BCUT2D eigenvalue weighted by Crippen LogP contribution is -1.94. The van der Waals surface area contributed by atoms with Gasteiger partial charge >= 0.3 is 0 Å². The molecule has 2 aromatic rings. The summed E-state index contributed by atoms with van der Waals surface area (Å²) in [7, 11) is 0. The van der Waals surface area contributed by atoms with Crippen LogP contribution in [-0.2, 0) is 6.42 Å². The Morgan fingerprint density at radius 3 is 2.93 bits per heavy atom. The van der Waals surface area contributed by atoms with Gasteiger partial charge in [-0.25, -0.2) is 15.0 Å². The van der Waals surface area contributed by atoms with Crippen molar-refractivity contribution in [3.63, 3.8) is 0 Å². The van der Waals surface area contributed by atoms with E-state index >= 15 is 0 Å². The van der Waals surface area contributed by atoms with Crippen molar-refractivity contribution in [2.45, 2.75) is 13.3 Å². The zero-order valence-electron chi connectivity index (χ0n) is 7.77. The molecule has 14 heavy (non-hydrogen) atoms. The number of aryl methyl sites for hydroxylation is 1. The van der Waals surface area contributed by atoms with Crippen LogP contribution in [-0.4, -0.2) is 15.0 Å². The Labute approximate surface area is 85.9 Å². The molecule has 0 bridgehead atoms. The average Bonchev–Trinajstić information content (AvgIpc) is 2.66. The molecule has 2 heterocycles. The Hall–Kier alpha value is -1.49. The molecule has 0 amide bonds. The first-order valence-corrected chi connectivity index (χ1v) is 5.21. The fourth-order valence-electron chi connectivity index (χ4n) is 1.07. The molecule has 0 aliphatic heterocycles. The second-order valence-electron chi connectivity index (χ2n) is 2.79. The molecule has 2 N–H and O–H groups in total. The Morgan fingerprint density at radius 1 is 1.43 bits per heavy atom. The van der Waals surface area contributed by atoms with Crippen LogP contribution < -0.4 is 5.73 Å². The van der Waals surface area contributed by atoms with Gasteiger partial charge in [0, 0.05) is 11.6 Å². The Kier molecular flexibility index (Phi) is 2.41. The summed E-state index contributed by atoms with van der Waals surface area (Å²) in [6.45, 7) is 2.07. The summed E-state index contributed by atoms with van der Waals surface area (Å²) < 4.78 is 0. The first-order chi connectivity index (χ1) is 6.79. The van der Waals surface area contributed by atoms with E-state index in [1.807, 2.05) is 5.38 Å². The highest BCUT2D eigenvalue weighted by atomic mass is 32.1. The number of nitrogens with two attached hydrogens (primary N) is 1. The molecule has 5 heteroatoms. The SMILES string of the molecule is CCc1nc(-c2nccc(N)n2)cs1. The molecule has 0 aliphatic carbocycles. The molecule has 0 radical (unpaired) electrons. The molecule has 0 spiro atoms. The van der Waals surface area contributed by atoms with Gasteiger partial charge in [0.2, 0.25) is 0 Å². The third-order valence-electron chi connectivity index (χ3n) is 1.76. The van der Waals surface area contributed by atoms with Gasteiger partial charge < -0.3 is 5.73 Å². The molecule has 0 aromatic carbocycles. The van der Waals surface area contributed by atoms with Crippen LogP contribution in [0.1, 0.15) is 11.9 Å². The second-order valence-corrected chi connectivity index (χ2v) is 3.73. The van der Waals surface area contributed by atoms with Crippen LogP contribution >= 0.6 is 11.3 Å². The van der Waals surface area contributed by atoms with Crippen LogP contribution in [0.3, 0.4) is 0 Å². The van der Waals surface area contributed by atoms with E-state index in [9.17, 15) is 0 Å². The molecule has 72 valence electrons. The highest BCUT2D eigenvalue weighted by Gasteiger charge is 2.05. The highest BCUT2D eigenvalue weighted by Crippen LogP contribution is 2.18. The smallest absolute Gasteiger partial charge is 0.181 e. The van der Waals surface area contributed by atoms with Crippen molar-refractivity contribution in [3.05, 3.63) is 22.7 Å². The van der Waals surface area contributed by atoms with E-state index in [1.54, 1.807) is 23.6 Å². The van der Waals surface area contributed by atoms with Gasteiger partial charge in [0.1, 0.15) is 11.5 Å². The largest absolute Gasteiger partial charge is 0.384 e. The summed E-state index contributed by atoms with van der Waals surface area (Å²) in [4.78, 5) is 12.6. The van der Waals surface area contributed by atoms with E-state index in [4.69, 9.17) is 5.73 Å². The predicted molar refractivity (Wildman–Crippen MR) is 56.9 cm³/mol. The number of nitrogen functional groups attached to an aromatic ring is 1. The second kappa shape index (κ2) is 3.71. The topological polar surface area (TPSA) is 64.7 Å². The molecule has 0 saturated heterocycles. The molecule has 0 fully saturated rings. The van der Waals surface area contributed by atoms with Gasteiger partial charge in [-0.05, 0) is 12.5 Å². The van der Waals surface area contributed by atoms with Crippen LogP contribution in [0.2, 0.25) is 0 Å². The van der Waals surface area contributed by atoms with Gasteiger partial charge in [0.05, 0.1) is 5.01 Å². The first kappa shape index (κ1) is 9.08. The lowest BCUT2D eigenvalue weighted by atomic mass is 10.4. The third kappa shape index (κ3) is 1.72. The van der Waals surface area contributed by atoms with Crippen LogP contribution in [0.5, 0.6) is 0 Å². The van der Waals surface area contributed by atoms with E-state index in [-0.39, 0.29) is 0 Å². The number of hydrogen-bond acceptors (Lipinski definition) is 5. The van der Waals surface area contributed by atoms with Crippen molar-refractivity contribution < 1.29 is 0 Å². The summed E-state index contributed by atoms with van der Waals surface area (Å²) in [6, 6.07) is 1.66. The molecule has 2 aromatic heterocycles. The molecular weight excluding hydrogens is 196 g/mol. The van der Waals surface area contributed by atoms with Crippen LogP contribution in [0.15, 0.2) is 17.6 Å². The fourth-order valence-corrected chi connectivity index (χ4v) is 1.80. The molecule has 4 nitrogen and oxygen atoms in total. The van der Waals surface area contributed by atoms with Gasteiger partial charge in [0.15, 0.2) is 5.82 Å². The predicted octanol–water partition coefficient (Wildman–Crippen LogP) is 1.74. The average molecular weight is 206 g/mol. The quantitative estimate of drug-likeness (QED) is 0.813. The van der Waals surface area contributed by atoms with Crippen LogP contribution in [0, 0.1) is 0 Å². The van der Waals surface area contributed by atoms with Crippen molar-refractivity contribution in [1.29, 1.82) is 0 Å². The van der Waals surface area contributed by atoms with Crippen molar-refractivity contribution in [2.24, 2.45) is 0 Å². The maximum atomic E-state index is 5.56. The maximum absolute atomic E-state index is 5.56. The standard InChI is InChI=1S/C9H10N4S/c1-2-8-12-6(5-14-8)9-11-4-3-7(10)13-9/h3-5H,2H2,1H3,(H2,10,11,13). The number of nitrogens with zero attached hydrogens (tertiary/aromatic N) is 3. The zero-order chi connectivity index (χ0) is 9.97. The maximum Gasteiger partial charge on any atom is 0.181 e. The molecule has 0 atom stereocenters. The summed E-state index contributed by atoms with van der Waals surface area (Å²) in [5, 5.41) is 3.04. The summed E-state index contributed by atoms with van der Waals surface area (Å²) in [6.07, 6.45) is 2.58. The molecular formula is C9H10N4S. The lowest BCUT2D eigenvalue weighted by molar-refractivity contribution is 1.08. The zero-order valence-corrected chi connectivity index (χ0v) is 8.58. The van der Waals surface area contributed by atoms with Gasteiger partial charge in [-0.15, -0.1) is 11.3 Å². The van der Waals surface area contributed by atoms with Crippen LogP contribution in [0.25, 0.3) is 11.5 Å². The number of anilines is 1. The van der Waals surface area contributed by atoms with Gasteiger partial charge in [-0.3, -0.25) is 0 Å². The first-order valence-electron chi connectivity index (χ1n) is 4.33. The number of aromatic nitrogens is 3. The summed E-state index contributed by atoms with van der Waals surface area (Å²) in [5.41, 5.74) is 6.36. The summed E-state index contributed by atoms with van der Waals surface area (Å²) >= 11 is 1.62. The number of rotatable bonds is 2. The van der Waals surface area contributed by atoms with Crippen molar-refractivity contribution in [2.75, 3.05) is 5.73 Å². The molecule has 0 saturated carbocycles. The van der Waals surface area contributed by atoms with E-state index in [2.05, 4.69) is 21.9 Å². The highest BCUT2D eigenvalue weighted by molar-refractivity contribution is 7.09. The van der Waals surface area contributed by atoms with E-state index in [0.29, 0.717) is 11.6 Å². The summed E-state index contributed by atoms with van der Waals surface area (Å²) in [5.74, 6) is 1.07. The van der Waals surface area contributed by atoms with Gasteiger partial charge in [-0.1, -0.05) is 6.92 Å². The van der Waals surface area contributed by atoms with Gasteiger partial charge in [0.25, 0.3) is 0 Å². The Balaban J connectivity index is 2.39. The van der Waals surface area contributed by atoms with Crippen molar-refractivity contribution in [3.8, 4) is 11.5 Å². The monoisotopic (exact) mass is 206 g/mol. The van der Waals surface area contributed by atoms with E-state index in [0.717, 1.165) is 17.1 Å². The third-order valence-corrected chi connectivity index (χ3v) is 2.75. The van der Waals surface area contributed by atoms with Crippen LogP contribution in [0.4, 0.5) is 5.82 Å². The minimum absolute atomic E-state index is 0.473. The number of hydrogen-bond donors (Lipinski definition) is 1. The minimum Gasteiger partial charge on any atom is -0.384 e. The molecule has 0 aliphatic rings. The van der Waals surface area contributed by atoms with Crippen molar-refractivity contribution in [1.82, 2.24) is 15.0 Å². The number of thiazole rings is 1. The van der Waals surface area contributed by atoms with Gasteiger partial charge in [-0.2, -0.15) is 0 Å². The van der Waals surface area contributed by atoms with E-state index in [1.165, 1.54) is 0 Å². The van der Waals surface area contributed by atoms with Crippen molar-refractivity contribution >= 4 is 17.2 Å². The fraction of sp³-hybridized carbons (Fsp3) is 0.222. The minimum atomic E-state index is 0.473. The Bertz CT molecular complexity index is 438. The lowest BCUT2D eigenvalue weighted by Gasteiger charge is -1.95. The van der Waals surface area contributed by atoms with E-state index < -0.39 is 0 Å².